The number of nitrogens with two attached hydrogens (primary N) is 1. The summed E-state index contributed by atoms with van der Waals surface area (Å²) >= 11 is 0. The molecule has 0 heterocycles. The number of ether oxygens (including phenoxy) is 1. The summed E-state index contributed by atoms with van der Waals surface area (Å²) in [5.74, 6) is -0.0529. The highest BCUT2D eigenvalue weighted by Gasteiger charge is 2.39. The fraction of sp³-hybridized carbons (Fsp3) is 0.929. The minimum Gasteiger partial charge on any atom is -0.462 e. The summed E-state index contributed by atoms with van der Waals surface area (Å²) < 4.78 is 5.56. The predicted octanol–water partition coefficient (Wildman–Crippen LogP) is 3.02. The zero-order valence-corrected chi connectivity index (χ0v) is 11.3. The van der Waals surface area contributed by atoms with Crippen LogP contribution in [0.1, 0.15) is 65.2 Å². The van der Waals surface area contributed by atoms with Gasteiger partial charge in [0.1, 0.15) is 0 Å². The topological polar surface area (TPSA) is 52.3 Å². The van der Waals surface area contributed by atoms with Gasteiger partial charge in [-0.25, -0.2) is 0 Å². The third kappa shape index (κ3) is 3.98. The minimum atomic E-state index is -0.390. The molecule has 1 saturated carbocycles. The lowest BCUT2D eigenvalue weighted by Crippen LogP contribution is -2.41. The molecule has 0 aromatic rings. The maximum atomic E-state index is 12.3. The van der Waals surface area contributed by atoms with E-state index in [-0.39, 0.29) is 12.1 Å². The van der Waals surface area contributed by atoms with Crippen LogP contribution in [0.2, 0.25) is 0 Å². The van der Waals surface area contributed by atoms with Crippen molar-refractivity contribution in [1.82, 2.24) is 0 Å². The number of hydrogen-bond acceptors (Lipinski definition) is 3. The van der Waals surface area contributed by atoms with E-state index < -0.39 is 5.41 Å². The summed E-state index contributed by atoms with van der Waals surface area (Å²) in [5.41, 5.74) is 5.47. The Hall–Kier alpha value is -0.570. The summed E-state index contributed by atoms with van der Waals surface area (Å²) in [6, 6.07) is 0. The quantitative estimate of drug-likeness (QED) is 0.594. The highest BCUT2D eigenvalue weighted by Crippen LogP contribution is 2.35. The minimum absolute atomic E-state index is 0.0270. The Kier molecular flexibility index (Phi) is 5.96. The van der Waals surface area contributed by atoms with E-state index in [4.69, 9.17) is 10.5 Å². The van der Waals surface area contributed by atoms with Crippen molar-refractivity contribution >= 4 is 5.97 Å². The van der Waals surface area contributed by atoms with Gasteiger partial charge in [-0.15, -0.1) is 0 Å². The number of carbonyl (C=O) groups excluding carboxylic acids is 1. The van der Waals surface area contributed by atoms with Crippen LogP contribution < -0.4 is 5.73 Å². The van der Waals surface area contributed by atoms with Gasteiger partial charge in [-0.3, -0.25) is 4.79 Å². The van der Waals surface area contributed by atoms with Gasteiger partial charge in [-0.05, 0) is 26.2 Å². The van der Waals surface area contributed by atoms with Crippen LogP contribution in [-0.4, -0.2) is 18.6 Å². The first-order chi connectivity index (χ1) is 8.14. The average molecular weight is 241 g/mol. The van der Waals surface area contributed by atoms with Gasteiger partial charge >= 0.3 is 5.97 Å². The zero-order valence-electron chi connectivity index (χ0n) is 11.3. The van der Waals surface area contributed by atoms with Crippen molar-refractivity contribution in [1.29, 1.82) is 0 Å². The van der Waals surface area contributed by atoms with Crippen molar-refractivity contribution in [2.75, 3.05) is 6.54 Å². The van der Waals surface area contributed by atoms with Gasteiger partial charge in [0.25, 0.3) is 0 Å². The van der Waals surface area contributed by atoms with Crippen molar-refractivity contribution in [3.05, 3.63) is 0 Å². The Morgan fingerprint density at radius 3 is 2.35 bits per heavy atom. The van der Waals surface area contributed by atoms with E-state index >= 15 is 0 Å². The highest BCUT2D eigenvalue weighted by molar-refractivity contribution is 5.77. The summed E-state index contributed by atoms with van der Waals surface area (Å²) in [7, 11) is 0. The molecule has 2 N–H and O–H groups in total. The van der Waals surface area contributed by atoms with Gasteiger partial charge < -0.3 is 10.5 Å². The number of hydrogen-bond donors (Lipinski definition) is 1. The lowest BCUT2D eigenvalue weighted by molar-refractivity contribution is -0.161. The highest BCUT2D eigenvalue weighted by atomic mass is 16.5. The molecule has 1 fully saturated rings. The number of carbonyl (C=O) groups is 1. The van der Waals surface area contributed by atoms with Crippen LogP contribution in [0.15, 0.2) is 0 Å². The predicted molar refractivity (Wildman–Crippen MR) is 69.7 cm³/mol. The first-order valence-corrected chi connectivity index (χ1v) is 7.06. The van der Waals surface area contributed by atoms with Gasteiger partial charge in [0.05, 0.1) is 11.5 Å². The Morgan fingerprint density at radius 1 is 1.29 bits per heavy atom. The molecule has 100 valence electrons. The Morgan fingerprint density at radius 2 is 1.88 bits per heavy atom. The van der Waals surface area contributed by atoms with Gasteiger partial charge in [-0.2, -0.15) is 0 Å². The molecule has 1 atom stereocenters. The Labute approximate surface area is 105 Å². The smallest absolute Gasteiger partial charge is 0.313 e. The SMILES string of the molecule is CCCC(C)OC(=O)C1(CN)CCCCCC1. The second-order valence-electron chi connectivity index (χ2n) is 5.40. The van der Waals surface area contributed by atoms with E-state index in [1.54, 1.807) is 0 Å². The standard InChI is InChI=1S/C14H27NO2/c1-3-8-12(2)17-13(16)14(11-15)9-6-4-5-7-10-14/h12H,3-11,15H2,1-2H3. The van der Waals surface area contributed by atoms with E-state index in [0.717, 1.165) is 38.5 Å². The van der Waals surface area contributed by atoms with E-state index in [2.05, 4.69) is 6.92 Å². The van der Waals surface area contributed by atoms with Gasteiger partial charge in [-0.1, -0.05) is 39.0 Å². The monoisotopic (exact) mass is 241 g/mol. The molecule has 3 nitrogen and oxygen atoms in total. The molecule has 3 heteroatoms. The van der Waals surface area contributed by atoms with Crippen LogP contribution in [0.25, 0.3) is 0 Å². The van der Waals surface area contributed by atoms with Gasteiger partial charge in [0, 0.05) is 6.54 Å². The summed E-state index contributed by atoms with van der Waals surface area (Å²) in [5, 5.41) is 0. The molecule has 1 unspecified atom stereocenters. The Balaban J connectivity index is 2.60. The van der Waals surface area contributed by atoms with Crippen LogP contribution in [0.5, 0.6) is 0 Å². The molecule has 0 amide bonds. The number of esters is 1. The zero-order chi connectivity index (χ0) is 12.7. The van der Waals surface area contributed by atoms with Crippen LogP contribution in [0.4, 0.5) is 0 Å². The van der Waals surface area contributed by atoms with Crippen molar-refractivity contribution in [3.63, 3.8) is 0 Å². The van der Waals surface area contributed by atoms with Crippen molar-refractivity contribution in [2.24, 2.45) is 11.1 Å². The van der Waals surface area contributed by atoms with Crippen LogP contribution in [-0.2, 0) is 9.53 Å². The van der Waals surface area contributed by atoms with Crippen LogP contribution >= 0.6 is 0 Å². The lowest BCUT2D eigenvalue weighted by atomic mass is 9.80. The first kappa shape index (κ1) is 14.5. The molecular weight excluding hydrogens is 214 g/mol. The van der Waals surface area contributed by atoms with E-state index in [1.165, 1.54) is 12.8 Å². The lowest BCUT2D eigenvalue weighted by Gasteiger charge is -2.30. The van der Waals surface area contributed by atoms with Gasteiger partial charge in [0.2, 0.25) is 0 Å². The molecule has 1 aliphatic rings. The summed E-state index contributed by atoms with van der Waals surface area (Å²) in [6.07, 6.45) is 8.47. The molecule has 0 aromatic heterocycles. The average Bonchev–Trinajstić information content (AvgIpc) is 2.55. The van der Waals surface area contributed by atoms with E-state index in [9.17, 15) is 4.79 Å². The molecule has 1 rings (SSSR count). The second-order valence-corrected chi connectivity index (χ2v) is 5.40. The fourth-order valence-corrected chi connectivity index (χ4v) is 2.67. The first-order valence-electron chi connectivity index (χ1n) is 7.06. The van der Waals surface area contributed by atoms with Crippen LogP contribution in [0.3, 0.4) is 0 Å². The molecule has 1 aliphatic carbocycles. The Bertz CT molecular complexity index is 232. The van der Waals surface area contributed by atoms with E-state index in [1.807, 2.05) is 6.92 Å². The molecule has 17 heavy (non-hydrogen) atoms. The summed E-state index contributed by atoms with van der Waals surface area (Å²) in [4.78, 5) is 12.3. The van der Waals surface area contributed by atoms with Gasteiger partial charge in [0.15, 0.2) is 0 Å². The van der Waals surface area contributed by atoms with Crippen molar-refractivity contribution in [3.8, 4) is 0 Å². The number of rotatable bonds is 5. The molecule has 0 bridgehead atoms. The maximum Gasteiger partial charge on any atom is 0.313 e. The molecule has 0 saturated heterocycles. The van der Waals surface area contributed by atoms with Crippen molar-refractivity contribution in [2.45, 2.75) is 71.3 Å². The fourth-order valence-electron chi connectivity index (χ4n) is 2.67. The van der Waals surface area contributed by atoms with E-state index in [0.29, 0.717) is 6.54 Å². The van der Waals surface area contributed by atoms with Crippen LogP contribution in [0, 0.1) is 5.41 Å². The third-order valence-electron chi connectivity index (χ3n) is 3.89. The second kappa shape index (κ2) is 7.00. The molecule has 0 aromatic carbocycles. The van der Waals surface area contributed by atoms with Crippen molar-refractivity contribution < 1.29 is 9.53 Å². The summed E-state index contributed by atoms with van der Waals surface area (Å²) in [6.45, 7) is 4.52. The largest absolute Gasteiger partial charge is 0.462 e. The molecule has 0 spiro atoms. The third-order valence-corrected chi connectivity index (χ3v) is 3.89. The molecule has 0 radical (unpaired) electrons. The molecular formula is C14H27NO2. The maximum absolute atomic E-state index is 12.3. The normalized spacial score (nSPS) is 21.6. The molecule has 0 aliphatic heterocycles.